The topological polar surface area (TPSA) is 57.9 Å². The molecule has 1 atom stereocenters. The lowest BCUT2D eigenvalue weighted by Gasteiger charge is -2.15. The van der Waals surface area contributed by atoms with Gasteiger partial charge in [-0.3, -0.25) is 0 Å². The standard InChI is InChI=1S/C16H17N3O/c1-12-3-6-15(7-4-12)20-11-13(2)19-16-8-5-14(9-17)10-18-16/h3-8,10,13H,11H2,1-2H3,(H,18,19). The number of aryl methyl sites for hydroxylation is 1. The number of benzene rings is 1. The van der Waals surface area contributed by atoms with Crippen molar-refractivity contribution < 1.29 is 4.74 Å². The molecule has 0 amide bonds. The van der Waals surface area contributed by atoms with Gasteiger partial charge in [0.15, 0.2) is 0 Å². The average molecular weight is 267 g/mol. The molecular formula is C16H17N3O. The maximum Gasteiger partial charge on any atom is 0.126 e. The van der Waals surface area contributed by atoms with Crippen molar-refractivity contribution in [3.63, 3.8) is 0 Å². The Morgan fingerprint density at radius 2 is 2.00 bits per heavy atom. The molecule has 0 spiro atoms. The van der Waals surface area contributed by atoms with Crippen LogP contribution in [0.1, 0.15) is 18.1 Å². The summed E-state index contributed by atoms with van der Waals surface area (Å²) in [7, 11) is 0. The molecular weight excluding hydrogens is 250 g/mol. The minimum Gasteiger partial charge on any atom is -0.491 e. The Morgan fingerprint density at radius 1 is 1.25 bits per heavy atom. The maximum atomic E-state index is 8.71. The number of nitrogens with one attached hydrogen (secondary N) is 1. The van der Waals surface area contributed by atoms with Crippen LogP contribution in [0, 0.1) is 18.3 Å². The SMILES string of the molecule is Cc1ccc(OCC(C)Nc2ccc(C#N)cn2)cc1. The number of ether oxygens (including phenoxy) is 1. The van der Waals surface area contributed by atoms with E-state index in [4.69, 9.17) is 10.00 Å². The highest BCUT2D eigenvalue weighted by Crippen LogP contribution is 2.12. The normalized spacial score (nSPS) is 11.4. The zero-order valence-corrected chi connectivity index (χ0v) is 11.6. The number of nitrogens with zero attached hydrogens (tertiary/aromatic N) is 2. The minimum absolute atomic E-state index is 0.122. The molecule has 1 aromatic heterocycles. The molecule has 0 bridgehead atoms. The third kappa shape index (κ3) is 3.99. The first kappa shape index (κ1) is 13.9. The summed E-state index contributed by atoms with van der Waals surface area (Å²) >= 11 is 0. The second-order valence-corrected chi connectivity index (χ2v) is 4.71. The highest BCUT2D eigenvalue weighted by atomic mass is 16.5. The Labute approximate surface area is 119 Å². The second-order valence-electron chi connectivity index (χ2n) is 4.71. The van der Waals surface area contributed by atoms with Gasteiger partial charge in [0.2, 0.25) is 0 Å². The fourth-order valence-electron chi connectivity index (χ4n) is 1.70. The molecule has 0 aliphatic rings. The summed E-state index contributed by atoms with van der Waals surface area (Å²) in [6, 6.07) is 13.7. The lowest BCUT2D eigenvalue weighted by atomic mass is 10.2. The summed E-state index contributed by atoms with van der Waals surface area (Å²) in [6.07, 6.45) is 1.55. The maximum absolute atomic E-state index is 8.71. The van der Waals surface area contributed by atoms with Crippen LogP contribution in [0.5, 0.6) is 5.75 Å². The number of aromatic nitrogens is 1. The second kappa shape index (κ2) is 6.58. The highest BCUT2D eigenvalue weighted by Gasteiger charge is 2.04. The van der Waals surface area contributed by atoms with E-state index in [1.54, 1.807) is 18.3 Å². The number of anilines is 1. The molecule has 0 saturated carbocycles. The molecule has 0 saturated heterocycles. The van der Waals surface area contributed by atoms with Gasteiger partial charge in [-0.2, -0.15) is 5.26 Å². The van der Waals surface area contributed by atoms with Gasteiger partial charge < -0.3 is 10.1 Å². The lowest BCUT2D eigenvalue weighted by Crippen LogP contribution is -2.23. The molecule has 20 heavy (non-hydrogen) atoms. The van der Waals surface area contributed by atoms with Crippen LogP contribution in [0.15, 0.2) is 42.6 Å². The summed E-state index contributed by atoms with van der Waals surface area (Å²) < 4.78 is 5.70. The van der Waals surface area contributed by atoms with Crippen LogP contribution < -0.4 is 10.1 Å². The third-order valence-electron chi connectivity index (χ3n) is 2.81. The molecule has 4 heteroatoms. The molecule has 2 rings (SSSR count). The van der Waals surface area contributed by atoms with Gasteiger partial charge in [-0.1, -0.05) is 17.7 Å². The van der Waals surface area contributed by atoms with Crippen molar-refractivity contribution in [3.05, 3.63) is 53.7 Å². The van der Waals surface area contributed by atoms with Crippen LogP contribution in [0.25, 0.3) is 0 Å². The summed E-state index contributed by atoms with van der Waals surface area (Å²) in [6.45, 7) is 4.61. The van der Waals surface area contributed by atoms with Gasteiger partial charge in [0, 0.05) is 6.20 Å². The van der Waals surface area contributed by atoms with E-state index in [2.05, 4.69) is 10.3 Å². The number of hydrogen-bond donors (Lipinski definition) is 1. The number of nitriles is 1. The molecule has 2 aromatic rings. The van der Waals surface area contributed by atoms with Crippen LogP contribution in [0.3, 0.4) is 0 Å². The summed E-state index contributed by atoms with van der Waals surface area (Å²) in [5.41, 5.74) is 1.77. The van der Waals surface area contributed by atoms with Gasteiger partial charge >= 0.3 is 0 Å². The van der Waals surface area contributed by atoms with Crippen molar-refractivity contribution in [3.8, 4) is 11.8 Å². The fraction of sp³-hybridized carbons (Fsp3) is 0.250. The van der Waals surface area contributed by atoms with Crippen molar-refractivity contribution in [2.75, 3.05) is 11.9 Å². The van der Waals surface area contributed by atoms with Crippen LogP contribution in [0.4, 0.5) is 5.82 Å². The predicted octanol–water partition coefficient (Wildman–Crippen LogP) is 3.14. The van der Waals surface area contributed by atoms with E-state index in [-0.39, 0.29) is 6.04 Å². The molecule has 1 N–H and O–H groups in total. The van der Waals surface area contributed by atoms with Crippen molar-refractivity contribution in [2.45, 2.75) is 19.9 Å². The van der Waals surface area contributed by atoms with Gasteiger partial charge in [0.05, 0.1) is 11.6 Å². The van der Waals surface area contributed by atoms with Crippen molar-refractivity contribution in [1.29, 1.82) is 5.26 Å². The largest absolute Gasteiger partial charge is 0.491 e. The van der Waals surface area contributed by atoms with E-state index in [9.17, 15) is 0 Å². The molecule has 1 heterocycles. The first-order valence-corrected chi connectivity index (χ1v) is 6.49. The Balaban J connectivity index is 1.84. The molecule has 1 aromatic carbocycles. The average Bonchev–Trinajstić information content (AvgIpc) is 2.47. The molecule has 0 aliphatic carbocycles. The zero-order valence-electron chi connectivity index (χ0n) is 11.6. The summed E-state index contributed by atoms with van der Waals surface area (Å²) in [4.78, 5) is 4.17. The van der Waals surface area contributed by atoms with Gasteiger partial charge in [-0.15, -0.1) is 0 Å². The minimum atomic E-state index is 0.122. The highest BCUT2D eigenvalue weighted by molar-refractivity contribution is 5.39. The molecule has 102 valence electrons. The van der Waals surface area contributed by atoms with Crippen LogP contribution in [-0.4, -0.2) is 17.6 Å². The smallest absolute Gasteiger partial charge is 0.126 e. The van der Waals surface area contributed by atoms with E-state index < -0.39 is 0 Å². The van der Waals surface area contributed by atoms with Crippen LogP contribution >= 0.6 is 0 Å². The van der Waals surface area contributed by atoms with E-state index in [0.29, 0.717) is 12.2 Å². The van der Waals surface area contributed by atoms with Crippen molar-refractivity contribution in [1.82, 2.24) is 4.98 Å². The van der Waals surface area contributed by atoms with Gasteiger partial charge in [0.25, 0.3) is 0 Å². The number of pyridine rings is 1. The molecule has 0 radical (unpaired) electrons. The van der Waals surface area contributed by atoms with Gasteiger partial charge in [-0.25, -0.2) is 4.98 Å². The van der Waals surface area contributed by atoms with E-state index in [1.165, 1.54) is 5.56 Å². The van der Waals surface area contributed by atoms with Crippen LogP contribution in [0.2, 0.25) is 0 Å². The first-order chi connectivity index (χ1) is 9.67. The quantitative estimate of drug-likeness (QED) is 0.904. The Hall–Kier alpha value is -2.54. The first-order valence-electron chi connectivity index (χ1n) is 6.49. The number of hydrogen-bond acceptors (Lipinski definition) is 4. The van der Waals surface area contributed by atoms with E-state index in [1.807, 2.05) is 44.2 Å². The van der Waals surface area contributed by atoms with E-state index in [0.717, 1.165) is 11.6 Å². The monoisotopic (exact) mass is 267 g/mol. The van der Waals surface area contributed by atoms with E-state index >= 15 is 0 Å². The summed E-state index contributed by atoms with van der Waals surface area (Å²) in [5, 5.41) is 11.9. The zero-order chi connectivity index (χ0) is 14.4. The Kier molecular flexibility index (Phi) is 4.56. The number of rotatable bonds is 5. The fourth-order valence-corrected chi connectivity index (χ4v) is 1.70. The van der Waals surface area contributed by atoms with Gasteiger partial charge in [0.1, 0.15) is 24.2 Å². The lowest BCUT2D eigenvalue weighted by molar-refractivity contribution is 0.303. The van der Waals surface area contributed by atoms with Crippen molar-refractivity contribution in [2.24, 2.45) is 0 Å². The molecule has 1 unspecified atom stereocenters. The van der Waals surface area contributed by atoms with Crippen molar-refractivity contribution >= 4 is 5.82 Å². The molecule has 0 fully saturated rings. The van der Waals surface area contributed by atoms with Gasteiger partial charge in [-0.05, 0) is 38.1 Å². The third-order valence-corrected chi connectivity index (χ3v) is 2.81. The summed E-state index contributed by atoms with van der Waals surface area (Å²) in [5.74, 6) is 1.60. The van der Waals surface area contributed by atoms with Crippen LogP contribution in [-0.2, 0) is 0 Å². The Bertz CT molecular complexity index is 585. The predicted molar refractivity (Wildman–Crippen MR) is 78.7 cm³/mol. The molecule has 0 aliphatic heterocycles. The molecule has 4 nitrogen and oxygen atoms in total. The Morgan fingerprint density at radius 3 is 2.60 bits per heavy atom.